The maximum absolute atomic E-state index is 11.9. The van der Waals surface area contributed by atoms with Gasteiger partial charge in [-0.1, -0.05) is 15.9 Å². The van der Waals surface area contributed by atoms with Crippen molar-refractivity contribution in [3.05, 3.63) is 28.5 Å². The molecule has 1 aromatic rings. The Kier molecular flexibility index (Phi) is 4.20. The van der Waals surface area contributed by atoms with Crippen molar-refractivity contribution >= 4 is 37.8 Å². The molecule has 0 atom stereocenters. The third-order valence-corrected chi connectivity index (χ3v) is 4.00. The molecular formula is C12H14Br2N2O. The zero-order valence-corrected chi connectivity index (χ0v) is 12.6. The Balaban J connectivity index is 1.90. The highest BCUT2D eigenvalue weighted by atomic mass is 79.9. The van der Waals surface area contributed by atoms with Crippen LogP contribution < -0.4 is 5.32 Å². The summed E-state index contributed by atoms with van der Waals surface area (Å²) in [4.78, 5) is 15.9. The molecule has 1 amide bonds. The van der Waals surface area contributed by atoms with Crippen molar-refractivity contribution in [2.75, 3.05) is 11.9 Å². The number of amides is 1. The van der Waals surface area contributed by atoms with Crippen molar-refractivity contribution in [3.63, 3.8) is 0 Å². The van der Waals surface area contributed by atoms with E-state index in [1.165, 1.54) is 12.8 Å². The number of carbonyl (C=O) groups is 1. The first-order valence-corrected chi connectivity index (χ1v) is 7.51. The molecule has 17 heavy (non-hydrogen) atoms. The van der Waals surface area contributed by atoms with Gasteiger partial charge in [-0.3, -0.25) is 9.78 Å². The lowest BCUT2D eigenvalue weighted by atomic mass is 10.0. The van der Waals surface area contributed by atoms with E-state index in [1.807, 2.05) is 0 Å². The first-order chi connectivity index (χ1) is 8.15. The van der Waals surface area contributed by atoms with Gasteiger partial charge in [0, 0.05) is 28.7 Å². The van der Waals surface area contributed by atoms with Crippen molar-refractivity contribution in [2.45, 2.75) is 19.3 Å². The topological polar surface area (TPSA) is 42.0 Å². The molecule has 1 aliphatic carbocycles. The molecule has 0 bridgehead atoms. The molecule has 1 fully saturated rings. The zero-order valence-electron chi connectivity index (χ0n) is 9.38. The third kappa shape index (κ3) is 3.52. The predicted molar refractivity (Wildman–Crippen MR) is 74.3 cm³/mol. The van der Waals surface area contributed by atoms with Gasteiger partial charge in [-0.05, 0) is 46.7 Å². The Labute approximate surface area is 118 Å². The minimum absolute atomic E-state index is 0.0420. The first kappa shape index (κ1) is 13.0. The summed E-state index contributed by atoms with van der Waals surface area (Å²) in [7, 11) is 0. The molecule has 1 aromatic heterocycles. The van der Waals surface area contributed by atoms with Crippen LogP contribution in [0.2, 0.25) is 0 Å². The molecule has 1 saturated carbocycles. The quantitative estimate of drug-likeness (QED) is 0.818. The van der Waals surface area contributed by atoms with Crippen LogP contribution in [0.4, 0.5) is 0 Å². The zero-order chi connectivity index (χ0) is 12.3. The Morgan fingerprint density at radius 1 is 1.47 bits per heavy atom. The van der Waals surface area contributed by atoms with Crippen molar-refractivity contribution in [2.24, 2.45) is 5.41 Å². The van der Waals surface area contributed by atoms with E-state index in [0.29, 0.717) is 11.0 Å². The fourth-order valence-electron chi connectivity index (χ4n) is 1.80. The highest BCUT2D eigenvalue weighted by Crippen LogP contribution is 2.48. The lowest BCUT2D eigenvalue weighted by Crippen LogP contribution is -2.30. The molecule has 0 radical (unpaired) electrons. The number of aromatic nitrogens is 1. The largest absolute Gasteiger partial charge is 0.351 e. The lowest BCUT2D eigenvalue weighted by Gasteiger charge is -2.14. The molecule has 1 N–H and O–H groups in total. The van der Waals surface area contributed by atoms with Crippen molar-refractivity contribution in [1.29, 1.82) is 0 Å². The van der Waals surface area contributed by atoms with Gasteiger partial charge in [0.2, 0.25) is 0 Å². The maximum atomic E-state index is 11.9. The Morgan fingerprint density at radius 2 is 2.24 bits per heavy atom. The van der Waals surface area contributed by atoms with Gasteiger partial charge in [0.1, 0.15) is 0 Å². The Hall–Kier alpha value is -0.420. The minimum Gasteiger partial charge on any atom is -0.351 e. The van der Waals surface area contributed by atoms with E-state index in [2.05, 4.69) is 42.2 Å². The molecule has 0 aliphatic heterocycles. The van der Waals surface area contributed by atoms with Gasteiger partial charge < -0.3 is 5.32 Å². The van der Waals surface area contributed by atoms with Crippen LogP contribution in [-0.4, -0.2) is 22.8 Å². The highest BCUT2D eigenvalue weighted by molar-refractivity contribution is 9.10. The summed E-state index contributed by atoms with van der Waals surface area (Å²) in [6.07, 6.45) is 6.82. The summed E-state index contributed by atoms with van der Waals surface area (Å²) in [5, 5.41) is 3.99. The van der Waals surface area contributed by atoms with E-state index in [9.17, 15) is 4.79 Å². The molecule has 0 aromatic carbocycles. The number of carbonyl (C=O) groups excluding carboxylic acids is 1. The first-order valence-electron chi connectivity index (χ1n) is 5.60. The van der Waals surface area contributed by atoms with Crippen LogP contribution in [0.25, 0.3) is 0 Å². The van der Waals surface area contributed by atoms with Gasteiger partial charge in [0.15, 0.2) is 0 Å². The monoisotopic (exact) mass is 360 g/mol. The summed E-state index contributed by atoms with van der Waals surface area (Å²) < 4.78 is 0.826. The second-order valence-corrected chi connectivity index (χ2v) is 6.22. The number of alkyl halides is 1. The number of halogens is 2. The van der Waals surface area contributed by atoms with E-state index >= 15 is 0 Å². The molecule has 0 saturated heterocycles. The van der Waals surface area contributed by atoms with Crippen molar-refractivity contribution in [1.82, 2.24) is 10.3 Å². The molecule has 5 heteroatoms. The molecule has 3 nitrogen and oxygen atoms in total. The normalized spacial score (nSPS) is 16.6. The van der Waals surface area contributed by atoms with E-state index in [0.717, 1.165) is 22.8 Å². The maximum Gasteiger partial charge on any atom is 0.252 e. The van der Waals surface area contributed by atoms with Gasteiger partial charge in [-0.25, -0.2) is 0 Å². The van der Waals surface area contributed by atoms with Gasteiger partial charge >= 0.3 is 0 Å². The van der Waals surface area contributed by atoms with Crippen LogP contribution in [0.15, 0.2) is 22.9 Å². The Morgan fingerprint density at radius 3 is 2.82 bits per heavy atom. The van der Waals surface area contributed by atoms with E-state index in [-0.39, 0.29) is 5.91 Å². The number of hydrogen-bond donors (Lipinski definition) is 1. The van der Waals surface area contributed by atoms with Crippen LogP contribution in [0.1, 0.15) is 29.6 Å². The highest BCUT2D eigenvalue weighted by Gasteiger charge is 2.41. The smallest absolute Gasteiger partial charge is 0.252 e. The molecule has 1 aliphatic rings. The van der Waals surface area contributed by atoms with Crippen LogP contribution in [0.5, 0.6) is 0 Å². The van der Waals surface area contributed by atoms with E-state index in [4.69, 9.17) is 0 Å². The van der Waals surface area contributed by atoms with Gasteiger partial charge in [0.05, 0.1) is 5.56 Å². The van der Waals surface area contributed by atoms with Crippen LogP contribution in [0, 0.1) is 5.41 Å². The number of pyridine rings is 1. The van der Waals surface area contributed by atoms with Crippen LogP contribution >= 0.6 is 31.9 Å². The minimum atomic E-state index is -0.0420. The SMILES string of the molecule is O=C(NCC1(CCBr)CC1)c1cncc(Br)c1. The number of nitrogens with one attached hydrogen (secondary N) is 1. The molecule has 92 valence electrons. The van der Waals surface area contributed by atoms with Crippen molar-refractivity contribution < 1.29 is 4.79 Å². The molecule has 0 spiro atoms. The second kappa shape index (κ2) is 5.48. The molecule has 0 unspecified atom stereocenters. The lowest BCUT2D eigenvalue weighted by molar-refractivity contribution is 0.0944. The molecule has 1 heterocycles. The number of nitrogens with zero attached hydrogens (tertiary/aromatic N) is 1. The van der Waals surface area contributed by atoms with Gasteiger partial charge in [-0.2, -0.15) is 0 Å². The average Bonchev–Trinajstić information content (AvgIpc) is 3.07. The van der Waals surface area contributed by atoms with E-state index < -0.39 is 0 Å². The van der Waals surface area contributed by atoms with Gasteiger partial charge in [0.25, 0.3) is 5.91 Å². The van der Waals surface area contributed by atoms with Crippen LogP contribution in [0.3, 0.4) is 0 Å². The summed E-state index contributed by atoms with van der Waals surface area (Å²) in [5.74, 6) is -0.0420. The Bertz CT molecular complexity index is 419. The summed E-state index contributed by atoms with van der Waals surface area (Å²) in [6.45, 7) is 0.768. The molecule has 2 rings (SSSR count). The van der Waals surface area contributed by atoms with Crippen molar-refractivity contribution in [3.8, 4) is 0 Å². The number of hydrogen-bond acceptors (Lipinski definition) is 2. The summed E-state index contributed by atoms with van der Waals surface area (Å²) >= 11 is 6.77. The predicted octanol–water partition coefficient (Wildman–Crippen LogP) is 3.14. The van der Waals surface area contributed by atoms with Crippen LogP contribution in [-0.2, 0) is 0 Å². The second-order valence-electron chi connectivity index (χ2n) is 4.51. The standard InChI is InChI=1S/C12H14Br2N2O/c13-4-3-12(1-2-12)8-16-11(17)9-5-10(14)7-15-6-9/h5-7H,1-4,8H2,(H,16,17). The summed E-state index contributed by atoms with van der Waals surface area (Å²) in [5.41, 5.74) is 0.951. The fraction of sp³-hybridized carbons (Fsp3) is 0.500. The average molecular weight is 362 g/mol. The fourth-order valence-corrected chi connectivity index (χ4v) is 3.00. The van der Waals surface area contributed by atoms with Gasteiger partial charge in [-0.15, -0.1) is 0 Å². The third-order valence-electron chi connectivity index (χ3n) is 3.17. The summed E-state index contributed by atoms with van der Waals surface area (Å²) in [6, 6.07) is 1.78. The molecular weight excluding hydrogens is 348 g/mol. The van der Waals surface area contributed by atoms with E-state index in [1.54, 1.807) is 18.5 Å². The number of rotatable bonds is 5.